The summed E-state index contributed by atoms with van der Waals surface area (Å²) in [7, 11) is 0. The van der Waals surface area contributed by atoms with Crippen molar-refractivity contribution < 1.29 is 14.4 Å². The summed E-state index contributed by atoms with van der Waals surface area (Å²) in [5.41, 5.74) is 1.59. The van der Waals surface area contributed by atoms with E-state index in [1.54, 1.807) is 48.5 Å². The van der Waals surface area contributed by atoms with Gasteiger partial charge in [-0.2, -0.15) is 0 Å². The molecule has 3 amide bonds. The molecule has 24 heavy (non-hydrogen) atoms. The van der Waals surface area contributed by atoms with E-state index in [0.717, 1.165) is 4.47 Å². The number of hydrogen-bond acceptors (Lipinski definition) is 3. The molecule has 0 bridgehead atoms. The second-order valence-corrected chi connectivity index (χ2v) is 5.92. The Labute approximate surface area is 147 Å². The van der Waals surface area contributed by atoms with Gasteiger partial charge in [-0.1, -0.05) is 22.0 Å². The lowest BCUT2D eigenvalue weighted by molar-refractivity contribution is -0.115. The van der Waals surface area contributed by atoms with Crippen LogP contribution < -0.4 is 16.0 Å². The molecule has 3 N–H and O–H groups in total. The minimum absolute atomic E-state index is 0.154. The van der Waals surface area contributed by atoms with E-state index >= 15 is 0 Å². The van der Waals surface area contributed by atoms with Crippen molar-refractivity contribution in [3.8, 4) is 0 Å². The molecule has 7 heteroatoms. The van der Waals surface area contributed by atoms with Crippen molar-refractivity contribution >= 4 is 45.0 Å². The van der Waals surface area contributed by atoms with Crippen molar-refractivity contribution in [2.24, 2.45) is 0 Å². The number of anilines is 2. The maximum atomic E-state index is 11.9. The average Bonchev–Trinajstić information content (AvgIpc) is 2.53. The molecule has 2 aromatic rings. The number of rotatable bonds is 5. The Hall–Kier alpha value is -2.67. The van der Waals surface area contributed by atoms with Gasteiger partial charge in [-0.05, 0) is 42.5 Å². The quantitative estimate of drug-likeness (QED) is 0.734. The standard InChI is InChI=1S/C17H16BrN3O3/c1-11(22)20-14-3-2-4-15(9-14)21-16(23)10-19-17(24)12-5-7-13(18)8-6-12/h2-9H,10H2,1H3,(H,19,24)(H,20,22)(H,21,23). The summed E-state index contributed by atoms with van der Waals surface area (Å²) in [4.78, 5) is 34.9. The Kier molecular flexibility index (Phi) is 6.08. The van der Waals surface area contributed by atoms with E-state index in [-0.39, 0.29) is 24.3 Å². The van der Waals surface area contributed by atoms with Crippen LogP contribution in [0.2, 0.25) is 0 Å². The highest BCUT2D eigenvalue weighted by molar-refractivity contribution is 9.10. The topological polar surface area (TPSA) is 87.3 Å². The van der Waals surface area contributed by atoms with Gasteiger partial charge in [-0.3, -0.25) is 14.4 Å². The Bertz CT molecular complexity index is 760. The molecule has 0 unspecified atom stereocenters. The Morgan fingerprint density at radius 1 is 0.958 bits per heavy atom. The van der Waals surface area contributed by atoms with E-state index in [1.165, 1.54) is 6.92 Å². The van der Waals surface area contributed by atoms with Gasteiger partial charge in [0.05, 0.1) is 6.54 Å². The molecule has 0 fully saturated rings. The number of nitrogens with one attached hydrogen (secondary N) is 3. The highest BCUT2D eigenvalue weighted by Gasteiger charge is 2.08. The second-order valence-electron chi connectivity index (χ2n) is 5.00. The van der Waals surface area contributed by atoms with Gasteiger partial charge < -0.3 is 16.0 Å². The largest absolute Gasteiger partial charge is 0.343 e. The molecule has 0 radical (unpaired) electrons. The van der Waals surface area contributed by atoms with Gasteiger partial charge in [-0.15, -0.1) is 0 Å². The molecule has 0 saturated carbocycles. The Morgan fingerprint density at radius 2 is 1.58 bits per heavy atom. The summed E-state index contributed by atoms with van der Waals surface area (Å²) in [6.45, 7) is 1.25. The van der Waals surface area contributed by atoms with Crippen LogP contribution in [0.5, 0.6) is 0 Å². The number of halogens is 1. The van der Waals surface area contributed by atoms with Crippen molar-refractivity contribution in [1.29, 1.82) is 0 Å². The first-order valence-electron chi connectivity index (χ1n) is 7.15. The fraction of sp³-hybridized carbons (Fsp3) is 0.118. The molecule has 0 aromatic heterocycles. The minimum atomic E-state index is -0.361. The maximum absolute atomic E-state index is 11.9. The van der Waals surface area contributed by atoms with Crippen LogP contribution >= 0.6 is 15.9 Å². The van der Waals surface area contributed by atoms with Crippen molar-refractivity contribution in [3.05, 3.63) is 58.6 Å². The first-order valence-corrected chi connectivity index (χ1v) is 7.94. The third-order valence-corrected chi connectivity index (χ3v) is 3.51. The Morgan fingerprint density at radius 3 is 2.21 bits per heavy atom. The first-order chi connectivity index (χ1) is 11.4. The first kappa shape index (κ1) is 17.7. The molecule has 2 aromatic carbocycles. The molecule has 6 nitrogen and oxygen atoms in total. The number of carbonyl (C=O) groups excluding carboxylic acids is 3. The fourth-order valence-corrected chi connectivity index (χ4v) is 2.21. The summed E-state index contributed by atoms with van der Waals surface area (Å²) >= 11 is 3.29. The maximum Gasteiger partial charge on any atom is 0.251 e. The molecule has 0 spiro atoms. The highest BCUT2D eigenvalue weighted by atomic mass is 79.9. The van der Waals surface area contributed by atoms with Crippen LogP contribution in [0.25, 0.3) is 0 Å². The monoisotopic (exact) mass is 389 g/mol. The van der Waals surface area contributed by atoms with Crippen molar-refractivity contribution in [2.75, 3.05) is 17.2 Å². The predicted molar refractivity (Wildman–Crippen MR) is 95.9 cm³/mol. The minimum Gasteiger partial charge on any atom is -0.343 e. The molecule has 0 atom stereocenters. The molecular formula is C17H16BrN3O3. The lowest BCUT2D eigenvalue weighted by Gasteiger charge is -2.09. The number of benzene rings is 2. The van der Waals surface area contributed by atoms with E-state index in [9.17, 15) is 14.4 Å². The normalized spacial score (nSPS) is 9.92. The van der Waals surface area contributed by atoms with Crippen molar-refractivity contribution in [2.45, 2.75) is 6.92 Å². The molecule has 0 saturated heterocycles. The second kappa shape index (κ2) is 8.26. The summed E-state index contributed by atoms with van der Waals surface area (Å²) in [5, 5.41) is 7.84. The third kappa shape index (κ3) is 5.51. The number of carbonyl (C=O) groups is 3. The van der Waals surface area contributed by atoms with Gasteiger partial charge in [0.1, 0.15) is 0 Å². The van der Waals surface area contributed by atoms with Crippen LogP contribution in [-0.2, 0) is 9.59 Å². The van der Waals surface area contributed by atoms with E-state index in [2.05, 4.69) is 31.9 Å². The summed E-state index contributed by atoms with van der Waals surface area (Å²) in [5.74, 6) is -0.884. The summed E-state index contributed by atoms with van der Waals surface area (Å²) in [6, 6.07) is 13.6. The van der Waals surface area contributed by atoms with Gasteiger partial charge in [-0.25, -0.2) is 0 Å². The molecule has 124 valence electrons. The molecular weight excluding hydrogens is 374 g/mol. The lowest BCUT2D eigenvalue weighted by atomic mass is 10.2. The van der Waals surface area contributed by atoms with Crippen LogP contribution in [0.1, 0.15) is 17.3 Å². The van der Waals surface area contributed by atoms with E-state index in [4.69, 9.17) is 0 Å². The van der Waals surface area contributed by atoms with Crippen LogP contribution in [0.4, 0.5) is 11.4 Å². The van der Waals surface area contributed by atoms with E-state index in [0.29, 0.717) is 16.9 Å². The van der Waals surface area contributed by atoms with Gasteiger partial charge in [0.15, 0.2) is 0 Å². The SMILES string of the molecule is CC(=O)Nc1cccc(NC(=O)CNC(=O)c2ccc(Br)cc2)c1. The summed E-state index contributed by atoms with van der Waals surface area (Å²) < 4.78 is 0.871. The number of hydrogen-bond donors (Lipinski definition) is 3. The van der Waals surface area contributed by atoms with Gasteiger partial charge >= 0.3 is 0 Å². The predicted octanol–water partition coefficient (Wildman–Crippen LogP) is 2.78. The van der Waals surface area contributed by atoms with Crippen LogP contribution in [0.15, 0.2) is 53.0 Å². The zero-order chi connectivity index (χ0) is 17.5. The third-order valence-electron chi connectivity index (χ3n) is 2.98. The lowest BCUT2D eigenvalue weighted by Crippen LogP contribution is -2.32. The van der Waals surface area contributed by atoms with Crippen LogP contribution in [0, 0.1) is 0 Å². The molecule has 0 aliphatic heterocycles. The highest BCUT2D eigenvalue weighted by Crippen LogP contribution is 2.15. The average molecular weight is 390 g/mol. The van der Waals surface area contributed by atoms with E-state index in [1.807, 2.05) is 0 Å². The van der Waals surface area contributed by atoms with Gasteiger partial charge in [0, 0.05) is 28.3 Å². The molecule has 2 rings (SSSR count). The Balaban J connectivity index is 1.88. The zero-order valence-electron chi connectivity index (χ0n) is 12.9. The van der Waals surface area contributed by atoms with Crippen LogP contribution in [0.3, 0.4) is 0 Å². The van der Waals surface area contributed by atoms with Crippen molar-refractivity contribution in [1.82, 2.24) is 5.32 Å². The molecule has 0 aliphatic carbocycles. The molecule has 0 heterocycles. The van der Waals surface area contributed by atoms with Crippen molar-refractivity contribution in [3.63, 3.8) is 0 Å². The smallest absolute Gasteiger partial charge is 0.251 e. The fourth-order valence-electron chi connectivity index (χ4n) is 1.95. The summed E-state index contributed by atoms with van der Waals surface area (Å²) in [6.07, 6.45) is 0. The van der Waals surface area contributed by atoms with Gasteiger partial charge in [0.2, 0.25) is 11.8 Å². The van der Waals surface area contributed by atoms with E-state index < -0.39 is 0 Å². The molecule has 0 aliphatic rings. The van der Waals surface area contributed by atoms with Gasteiger partial charge in [0.25, 0.3) is 5.91 Å². The number of amides is 3. The van der Waals surface area contributed by atoms with Crippen LogP contribution in [-0.4, -0.2) is 24.3 Å². The zero-order valence-corrected chi connectivity index (χ0v) is 14.5.